The lowest BCUT2D eigenvalue weighted by molar-refractivity contribution is -0.142. The van der Waals surface area contributed by atoms with E-state index in [-0.39, 0.29) is 25.7 Å². The van der Waals surface area contributed by atoms with E-state index in [0.717, 1.165) is 11.3 Å². The maximum absolute atomic E-state index is 12.2. The lowest BCUT2D eigenvalue weighted by Crippen LogP contribution is -2.40. The number of rotatable bonds is 9. The number of ether oxygens (including phenoxy) is 2. The van der Waals surface area contributed by atoms with Crippen LogP contribution in [0.2, 0.25) is 0 Å². The van der Waals surface area contributed by atoms with Crippen molar-refractivity contribution in [1.29, 1.82) is 0 Å². The maximum atomic E-state index is 12.2. The van der Waals surface area contributed by atoms with Crippen molar-refractivity contribution in [2.24, 2.45) is 5.41 Å². The molecule has 1 aromatic carbocycles. The first kappa shape index (κ1) is 18.0. The summed E-state index contributed by atoms with van der Waals surface area (Å²) in [5.74, 6) is -0.381. The van der Waals surface area contributed by atoms with E-state index >= 15 is 0 Å². The van der Waals surface area contributed by atoms with Gasteiger partial charge in [-0.2, -0.15) is 0 Å². The van der Waals surface area contributed by atoms with Crippen LogP contribution in [0.3, 0.4) is 0 Å². The van der Waals surface area contributed by atoms with Gasteiger partial charge in [0.25, 0.3) is 0 Å². The van der Waals surface area contributed by atoms with E-state index in [4.69, 9.17) is 14.6 Å². The van der Waals surface area contributed by atoms with Crippen LogP contribution in [0.5, 0.6) is 5.75 Å². The fourth-order valence-corrected chi connectivity index (χ4v) is 2.04. The molecule has 0 aliphatic rings. The molecule has 0 bridgehead atoms. The average Bonchev–Trinajstić information content (AvgIpc) is 2.46. The molecule has 0 saturated carbocycles. The second-order valence-electron chi connectivity index (χ2n) is 5.57. The predicted octanol–water partition coefficient (Wildman–Crippen LogP) is 1.48. The van der Waals surface area contributed by atoms with Crippen molar-refractivity contribution in [2.45, 2.75) is 20.3 Å². The highest BCUT2D eigenvalue weighted by molar-refractivity contribution is 5.82. The number of carbonyl (C=O) groups is 2. The Morgan fingerprint density at radius 2 is 1.95 bits per heavy atom. The van der Waals surface area contributed by atoms with Crippen molar-refractivity contribution >= 4 is 11.9 Å². The first-order valence-electron chi connectivity index (χ1n) is 7.06. The first-order chi connectivity index (χ1) is 10.4. The molecule has 1 rings (SSSR count). The molecule has 0 aromatic heterocycles. The maximum Gasteiger partial charge on any atom is 0.329 e. The molecule has 0 aliphatic heterocycles. The third-order valence-corrected chi connectivity index (χ3v) is 3.20. The van der Waals surface area contributed by atoms with Crippen LogP contribution in [0.4, 0.5) is 0 Å². The summed E-state index contributed by atoms with van der Waals surface area (Å²) in [5.41, 5.74) is 0.355. The summed E-state index contributed by atoms with van der Waals surface area (Å²) in [4.78, 5) is 22.5. The van der Waals surface area contributed by atoms with Crippen molar-refractivity contribution in [3.05, 3.63) is 29.8 Å². The number of methoxy groups -OCH3 is 1. The van der Waals surface area contributed by atoms with Crippen LogP contribution in [-0.2, 0) is 20.7 Å². The number of para-hydroxylation sites is 1. The Kier molecular flexibility index (Phi) is 6.85. The Morgan fingerprint density at radius 3 is 2.59 bits per heavy atom. The number of carboxylic acids is 1. The number of carbonyl (C=O) groups excluding carboxylic acids is 1. The Hall–Kier alpha value is -2.08. The molecular weight excluding hydrogens is 286 g/mol. The van der Waals surface area contributed by atoms with Gasteiger partial charge in [0.1, 0.15) is 12.4 Å². The molecule has 22 heavy (non-hydrogen) atoms. The number of amides is 1. The van der Waals surface area contributed by atoms with Gasteiger partial charge in [0.05, 0.1) is 13.7 Å². The Morgan fingerprint density at radius 1 is 1.27 bits per heavy atom. The molecule has 0 atom stereocenters. The van der Waals surface area contributed by atoms with E-state index in [1.165, 1.54) is 0 Å². The molecule has 6 nitrogen and oxygen atoms in total. The zero-order valence-electron chi connectivity index (χ0n) is 13.2. The minimum Gasteiger partial charge on any atom is -0.496 e. The number of nitrogens with one attached hydrogen (secondary N) is 1. The van der Waals surface area contributed by atoms with E-state index in [2.05, 4.69) is 5.32 Å². The largest absolute Gasteiger partial charge is 0.496 e. The summed E-state index contributed by atoms with van der Waals surface area (Å²) in [5, 5.41) is 11.2. The molecule has 0 radical (unpaired) electrons. The van der Waals surface area contributed by atoms with Crippen LogP contribution in [0.1, 0.15) is 19.4 Å². The van der Waals surface area contributed by atoms with Gasteiger partial charge in [0, 0.05) is 12.0 Å². The second kappa shape index (κ2) is 8.38. The SMILES string of the molecule is COc1ccccc1CC(C)(C)C(=O)NCCOCC(=O)O. The number of hydrogen-bond donors (Lipinski definition) is 2. The summed E-state index contributed by atoms with van der Waals surface area (Å²) in [6.45, 7) is 3.80. The molecule has 122 valence electrons. The van der Waals surface area contributed by atoms with Crippen molar-refractivity contribution in [3.8, 4) is 5.75 Å². The predicted molar refractivity (Wildman–Crippen MR) is 81.9 cm³/mol. The zero-order chi connectivity index (χ0) is 16.6. The summed E-state index contributed by atoms with van der Waals surface area (Å²) >= 11 is 0. The fraction of sp³-hybridized carbons (Fsp3) is 0.500. The molecule has 0 unspecified atom stereocenters. The van der Waals surface area contributed by atoms with Gasteiger partial charge in [0.15, 0.2) is 0 Å². The quantitative estimate of drug-likeness (QED) is 0.675. The first-order valence-corrected chi connectivity index (χ1v) is 7.06. The van der Waals surface area contributed by atoms with Gasteiger partial charge in [0.2, 0.25) is 5.91 Å². The minimum atomic E-state index is -1.03. The lowest BCUT2D eigenvalue weighted by Gasteiger charge is -2.24. The highest BCUT2D eigenvalue weighted by atomic mass is 16.5. The highest BCUT2D eigenvalue weighted by Crippen LogP contribution is 2.27. The normalized spacial score (nSPS) is 11.0. The van der Waals surface area contributed by atoms with E-state index in [1.54, 1.807) is 7.11 Å². The highest BCUT2D eigenvalue weighted by Gasteiger charge is 2.28. The van der Waals surface area contributed by atoms with Crippen molar-refractivity contribution in [1.82, 2.24) is 5.32 Å². The third-order valence-electron chi connectivity index (χ3n) is 3.20. The number of aliphatic carboxylic acids is 1. The van der Waals surface area contributed by atoms with Crippen molar-refractivity contribution < 1.29 is 24.2 Å². The van der Waals surface area contributed by atoms with Crippen LogP contribution >= 0.6 is 0 Å². The van der Waals surface area contributed by atoms with Crippen molar-refractivity contribution in [3.63, 3.8) is 0 Å². The summed E-state index contributed by atoms with van der Waals surface area (Å²) in [7, 11) is 1.60. The minimum absolute atomic E-state index is 0.114. The molecule has 2 N–H and O–H groups in total. The van der Waals surface area contributed by atoms with Gasteiger partial charge >= 0.3 is 5.97 Å². The molecule has 0 fully saturated rings. The van der Waals surface area contributed by atoms with Gasteiger partial charge in [-0.1, -0.05) is 32.0 Å². The molecule has 1 aromatic rings. The van der Waals surface area contributed by atoms with Crippen LogP contribution < -0.4 is 10.1 Å². The van der Waals surface area contributed by atoms with Crippen LogP contribution in [0.25, 0.3) is 0 Å². The Labute approximate surface area is 130 Å². The summed E-state index contributed by atoms with van der Waals surface area (Å²) in [6, 6.07) is 7.59. The summed E-state index contributed by atoms with van der Waals surface area (Å²) < 4.78 is 10.2. The molecule has 1 amide bonds. The average molecular weight is 309 g/mol. The number of benzene rings is 1. The molecule has 0 heterocycles. The van der Waals surface area contributed by atoms with E-state index in [1.807, 2.05) is 38.1 Å². The third kappa shape index (κ3) is 5.73. The van der Waals surface area contributed by atoms with Gasteiger partial charge < -0.3 is 19.9 Å². The smallest absolute Gasteiger partial charge is 0.329 e. The molecule has 0 aliphatic carbocycles. The Bertz CT molecular complexity index is 513. The van der Waals surface area contributed by atoms with E-state index in [0.29, 0.717) is 6.42 Å². The topological polar surface area (TPSA) is 84.9 Å². The lowest BCUT2D eigenvalue weighted by atomic mass is 9.84. The van der Waals surface area contributed by atoms with E-state index < -0.39 is 11.4 Å². The van der Waals surface area contributed by atoms with Crippen molar-refractivity contribution in [2.75, 3.05) is 26.9 Å². The summed E-state index contributed by atoms with van der Waals surface area (Å²) in [6.07, 6.45) is 0.541. The molecular formula is C16H23NO5. The van der Waals surface area contributed by atoms with Gasteiger partial charge in [-0.15, -0.1) is 0 Å². The zero-order valence-corrected chi connectivity index (χ0v) is 13.2. The van der Waals surface area contributed by atoms with Crippen LogP contribution in [-0.4, -0.2) is 43.9 Å². The van der Waals surface area contributed by atoms with Crippen LogP contribution in [0.15, 0.2) is 24.3 Å². The molecule has 0 saturated heterocycles. The molecule has 6 heteroatoms. The number of carboxylic acid groups (broad SMARTS) is 1. The van der Waals surface area contributed by atoms with E-state index in [9.17, 15) is 9.59 Å². The fourth-order valence-electron chi connectivity index (χ4n) is 2.04. The van der Waals surface area contributed by atoms with Gasteiger partial charge in [-0.05, 0) is 18.1 Å². The van der Waals surface area contributed by atoms with Gasteiger partial charge in [-0.3, -0.25) is 4.79 Å². The standard InChI is InChI=1S/C16H23NO5/c1-16(2,10-12-6-4-5-7-13(12)21-3)15(20)17-8-9-22-11-14(18)19/h4-7H,8-11H2,1-3H3,(H,17,20)(H,18,19). The second-order valence-corrected chi connectivity index (χ2v) is 5.57. The Balaban J connectivity index is 2.50. The monoisotopic (exact) mass is 309 g/mol. The number of hydrogen-bond acceptors (Lipinski definition) is 4. The van der Waals surface area contributed by atoms with Gasteiger partial charge in [-0.25, -0.2) is 4.79 Å². The molecule has 0 spiro atoms. The van der Waals surface area contributed by atoms with Crippen LogP contribution in [0, 0.1) is 5.41 Å².